The van der Waals surface area contributed by atoms with Gasteiger partial charge in [0.05, 0.1) is 26.9 Å². The van der Waals surface area contributed by atoms with Crippen LogP contribution in [0.5, 0.6) is 11.5 Å². The van der Waals surface area contributed by atoms with Gasteiger partial charge in [-0.2, -0.15) is 0 Å². The number of benzene rings is 2. The van der Waals surface area contributed by atoms with E-state index < -0.39 is 0 Å². The lowest BCUT2D eigenvalue weighted by Crippen LogP contribution is -2.39. The molecule has 1 aliphatic heterocycles. The third kappa shape index (κ3) is 4.81. The number of morpholine rings is 1. The lowest BCUT2D eigenvalue weighted by Gasteiger charge is -2.25. The molecule has 132 valence electrons. The van der Waals surface area contributed by atoms with Gasteiger partial charge in [-0.05, 0) is 23.8 Å². The summed E-state index contributed by atoms with van der Waals surface area (Å²) in [5, 5.41) is 0. The lowest BCUT2D eigenvalue weighted by molar-refractivity contribution is 0.0371. The van der Waals surface area contributed by atoms with Crippen LogP contribution in [-0.2, 0) is 11.3 Å². The zero-order valence-electron chi connectivity index (χ0n) is 14.4. The summed E-state index contributed by atoms with van der Waals surface area (Å²) in [6, 6.07) is 15.3. The Morgan fingerprint density at radius 3 is 2.56 bits per heavy atom. The predicted octanol–water partition coefficient (Wildman–Crippen LogP) is 2.79. The maximum absolute atomic E-state index is 12.5. The predicted molar refractivity (Wildman–Crippen MR) is 95.4 cm³/mol. The van der Waals surface area contributed by atoms with Crippen LogP contribution < -0.4 is 9.47 Å². The van der Waals surface area contributed by atoms with Crippen molar-refractivity contribution in [1.82, 2.24) is 4.90 Å². The molecule has 2 aromatic carbocycles. The molecule has 25 heavy (non-hydrogen) atoms. The SMILES string of the molecule is COc1cc(C(=O)CN2CCOCC2)ccc1OCc1ccccc1. The molecule has 3 rings (SSSR count). The number of Topliss-reactive ketones (excluding diaryl/α,β-unsaturated/α-hetero) is 1. The van der Waals surface area contributed by atoms with Crippen LogP contribution in [-0.4, -0.2) is 50.6 Å². The largest absolute Gasteiger partial charge is 0.493 e. The third-order valence-electron chi connectivity index (χ3n) is 4.19. The fourth-order valence-corrected chi connectivity index (χ4v) is 2.75. The van der Waals surface area contributed by atoms with Crippen LogP contribution in [0.15, 0.2) is 48.5 Å². The smallest absolute Gasteiger partial charge is 0.176 e. The first-order valence-corrected chi connectivity index (χ1v) is 8.44. The monoisotopic (exact) mass is 341 g/mol. The number of methoxy groups -OCH3 is 1. The molecule has 0 aromatic heterocycles. The van der Waals surface area contributed by atoms with Crippen molar-refractivity contribution in [2.75, 3.05) is 40.0 Å². The van der Waals surface area contributed by atoms with E-state index in [1.807, 2.05) is 30.3 Å². The highest BCUT2D eigenvalue weighted by atomic mass is 16.5. The fourth-order valence-electron chi connectivity index (χ4n) is 2.75. The van der Waals surface area contributed by atoms with Crippen LogP contribution in [0.2, 0.25) is 0 Å². The maximum Gasteiger partial charge on any atom is 0.176 e. The van der Waals surface area contributed by atoms with E-state index in [4.69, 9.17) is 14.2 Å². The highest BCUT2D eigenvalue weighted by Gasteiger charge is 2.17. The zero-order valence-corrected chi connectivity index (χ0v) is 14.4. The lowest BCUT2D eigenvalue weighted by atomic mass is 10.1. The quantitative estimate of drug-likeness (QED) is 0.725. The second-order valence-corrected chi connectivity index (χ2v) is 5.95. The summed E-state index contributed by atoms with van der Waals surface area (Å²) in [5.41, 5.74) is 1.72. The standard InChI is InChI=1S/C20H23NO4/c1-23-20-13-17(18(22)14-21-9-11-24-12-10-21)7-8-19(20)25-15-16-5-3-2-4-6-16/h2-8,13H,9-12,14-15H2,1H3. The van der Waals surface area contributed by atoms with Gasteiger partial charge in [-0.15, -0.1) is 0 Å². The Bertz CT molecular complexity index is 696. The Labute approximate surface area is 148 Å². The molecule has 1 heterocycles. The van der Waals surface area contributed by atoms with Crippen molar-refractivity contribution in [3.8, 4) is 11.5 Å². The zero-order chi connectivity index (χ0) is 17.5. The number of carbonyl (C=O) groups excluding carboxylic acids is 1. The molecule has 1 fully saturated rings. The molecule has 1 aliphatic rings. The minimum atomic E-state index is 0.0785. The summed E-state index contributed by atoms with van der Waals surface area (Å²) in [6.07, 6.45) is 0. The number of carbonyl (C=O) groups is 1. The summed E-state index contributed by atoms with van der Waals surface area (Å²) in [7, 11) is 1.58. The molecule has 0 spiro atoms. The van der Waals surface area contributed by atoms with Crippen LogP contribution in [0, 0.1) is 0 Å². The first-order chi connectivity index (χ1) is 12.3. The Morgan fingerprint density at radius 1 is 1.08 bits per heavy atom. The Hall–Kier alpha value is -2.37. The molecule has 0 saturated carbocycles. The van der Waals surface area contributed by atoms with E-state index in [2.05, 4.69) is 4.90 Å². The van der Waals surface area contributed by atoms with Gasteiger partial charge in [0, 0.05) is 18.7 Å². The third-order valence-corrected chi connectivity index (χ3v) is 4.19. The topological polar surface area (TPSA) is 48.0 Å². The van der Waals surface area contributed by atoms with E-state index in [0.717, 1.165) is 18.7 Å². The molecule has 5 nitrogen and oxygen atoms in total. The first kappa shape index (κ1) is 17.5. The van der Waals surface area contributed by atoms with Gasteiger partial charge in [-0.1, -0.05) is 30.3 Å². The summed E-state index contributed by atoms with van der Waals surface area (Å²) in [5.74, 6) is 1.29. The Balaban J connectivity index is 1.65. The van der Waals surface area contributed by atoms with Gasteiger partial charge in [-0.25, -0.2) is 0 Å². The van der Waals surface area contributed by atoms with Gasteiger partial charge in [0.1, 0.15) is 6.61 Å². The molecule has 0 aliphatic carbocycles. The van der Waals surface area contributed by atoms with Crippen molar-refractivity contribution in [2.24, 2.45) is 0 Å². The minimum absolute atomic E-state index is 0.0785. The van der Waals surface area contributed by atoms with Crippen LogP contribution >= 0.6 is 0 Å². The van der Waals surface area contributed by atoms with E-state index >= 15 is 0 Å². The van der Waals surface area contributed by atoms with E-state index in [-0.39, 0.29) is 5.78 Å². The second-order valence-electron chi connectivity index (χ2n) is 5.95. The minimum Gasteiger partial charge on any atom is -0.493 e. The number of nitrogens with zero attached hydrogens (tertiary/aromatic N) is 1. The van der Waals surface area contributed by atoms with Crippen molar-refractivity contribution in [3.63, 3.8) is 0 Å². The average molecular weight is 341 g/mol. The molecule has 2 aromatic rings. The highest BCUT2D eigenvalue weighted by Crippen LogP contribution is 2.29. The van der Waals surface area contributed by atoms with Gasteiger partial charge in [0.15, 0.2) is 17.3 Å². The van der Waals surface area contributed by atoms with Crippen molar-refractivity contribution in [1.29, 1.82) is 0 Å². The van der Waals surface area contributed by atoms with E-state index in [1.54, 1.807) is 25.3 Å². The summed E-state index contributed by atoms with van der Waals surface area (Å²) in [6.45, 7) is 3.81. The molecular weight excluding hydrogens is 318 g/mol. The molecule has 1 saturated heterocycles. The molecular formula is C20H23NO4. The van der Waals surface area contributed by atoms with Gasteiger partial charge in [0.2, 0.25) is 0 Å². The van der Waals surface area contributed by atoms with Crippen molar-refractivity contribution in [3.05, 3.63) is 59.7 Å². The number of rotatable bonds is 7. The number of hydrogen-bond acceptors (Lipinski definition) is 5. The summed E-state index contributed by atoms with van der Waals surface area (Å²) >= 11 is 0. The fraction of sp³-hybridized carbons (Fsp3) is 0.350. The number of ketones is 1. The van der Waals surface area contributed by atoms with Gasteiger partial charge < -0.3 is 14.2 Å². The van der Waals surface area contributed by atoms with Crippen LogP contribution in [0.1, 0.15) is 15.9 Å². The van der Waals surface area contributed by atoms with E-state index in [9.17, 15) is 4.79 Å². The van der Waals surface area contributed by atoms with Crippen LogP contribution in [0.3, 0.4) is 0 Å². The number of hydrogen-bond donors (Lipinski definition) is 0. The van der Waals surface area contributed by atoms with Crippen molar-refractivity contribution < 1.29 is 19.0 Å². The molecule has 5 heteroatoms. The summed E-state index contributed by atoms with van der Waals surface area (Å²) in [4.78, 5) is 14.6. The van der Waals surface area contributed by atoms with Gasteiger partial charge in [0.25, 0.3) is 0 Å². The second kappa shape index (κ2) is 8.65. The van der Waals surface area contributed by atoms with Crippen LogP contribution in [0.25, 0.3) is 0 Å². The Morgan fingerprint density at radius 2 is 1.84 bits per heavy atom. The normalized spacial score (nSPS) is 14.9. The molecule has 0 amide bonds. The Kier molecular flexibility index (Phi) is 6.04. The maximum atomic E-state index is 12.5. The van der Waals surface area contributed by atoms with Crippen molar-refractivity contribution >= 4 is 5.78 Å². The van der Waals surface area contributed by atoms with Gasteiger partial charge >= 0.3 is 0 Å². The molecule has 0 N–H and O–H groups in total. The van der Waals surface area contributed by atoms with Crippen molar-refractivity contribution in [2.45, 2.75) is 6.61 Å². The van der Waals surface area contributed by atoms with Gasteiger partial charge in [-0.3, -0.25) is 9.69 Å². The summed E-state index contributed by atoms with van der Waals surface area (Å²) < 4.78 is 16.6. The van der Waals surface area contributed by atoms with Crippen LogP contribution in [0.4, 0.5) is 0 Å². The molecule has 0 atom stereocenters. The highest BCUT2D eigenvalue weighted by molar-refractivity contribution is 5.98. The first-order valence-electron chi connectivity index (χ1n) is 8.44. The molecule has 0 bridgehead atoms. The molecule has 0 unspecified atom stereocenters. The van der Waals surface area contributed by atoms with E-state index in [1.165, 1.54) is 0 Å². The average Bonchev–Trinajstić information content (AvgIpc) is 2.67. The number of ether oxygens (including phenoxy) is 3. The van der Waals surface area contributed by atoms with E-state index in [0.29, 0.717) is 43.4 Å². The molecule has 0 radical (unpaired) electrons.